The van der Waals surface area contributed by atoms with Gasteiger partial charge in [-0.2, -0.15) is 0 Å². The molecule has 0 bridgehead atoms. The van der Waals surface area contributed by atoms with Gasteiger partial charge in [-0.05, 0) is 46.2 Å². The van der Waals surface area contributed by atoms with Gasteiger partial charge in [0, 0.05) is 37.7 Å². The van der Waals surface area contributed by atoms with Crippen molar-refractivity contribution in [3.63, 3.8) is 0 Å². The molecule has 0 atom stereocenters. The molecule has 0 saturated heterocycles. The normalized spacial score (nSPS) is 12.0. The van der Waals surface area contributed by atoms with E-state index in [-0.39, 0.29) is 37.6 Å². The van der Waals surface area contributed by atoms with Crippen LogP contribution in [0.15, 0.2) is 85.1 Å². The predicted molar refractivity (Wildman–Crippen MR) is 169 cm³/mol. The molecule has 6 rings (SSSR count). The first-order chi connectivity index (χ1) is 19.0. The Morgan fingerprint density at radius 3 is 2.20 bits per heavy atom. The Morgan fingerprint density at radius 1 is 0.756 bits per heavy atom. The fourth-order valence-corrected chi connectivity index (χ4v) is 6.13. The van der Waals surface area contributed by atoms with Gasteiger partial charge in [0.15, 0.2) is 0 Å². The van der Waals surface area contributed by atoms with E-state index in [0.717, 1.165) is 53.9 Å². The summed E-state index contributed by atoms with van der Waals surface area (Å²) >= 11 is 1.62. The van der Waals surface area contributed by atoms with Crippen molar-refractivity contribution in [3.05, 3.63) is 102 Å². The van der Waals surface area contributed by atoms with E-state index in [4.69, 9.17) is 9.97 Å². The number of rotatable bonds is 3. The SMILES string of the molecule is CC(C)(C)c1ccnc(-c2[c-]c(-c3cc(C(C)(C)C)cc4sc(-c5ccccc5O)nc34)cc3ccccc23)c1.[Pt]. The van der Waals surface area contributed by atoms with Crippen molar-refractivity contribution >= 4 is 32.3 Å². The maximum absolute atomic E-state index is 10.6. The maximum Gasteiger partial charge on any atom is 0.127 e. The molecule has 6 aromatic rings. The van der Waals surface area contributed by atoms with Gasteiger partial charge in [0.25, 0.3) is 0 Å². The van der Waals surface area contributed by atoms with Crippen LogP contribution in [0.5, 0.6) is 5.75 Å². The number of phenols is 1. The molecule has 4 aromatic carbocycles. The molecule has 0 aliphatic rings. The molecule has 0 spiro atoms. The number of phenolic OH excluding ortho intramolecular Hbond substituents is 1. The molecule has 1 N–H and O–H groups in total. The quantitative estimate of drug-likeness (QED) is 0.184. The van der Waals surface area contributed by atoms with Crippen molar-refractivity contribution in [1.82, 2.24) is 9.97 Å². The Bertz CT molecular complexity index is 1890. The number of fused-ring (bicyclic) bond motifs is 2. The van der Waals surface area contributed by atoms with Crippen molar-refractivity contribution < 1.29 is 26.2 Å². The van der Waals surface area contributed by atoms with Crippen LogP contribution in [-0.4, -0.2) is 15.1 Å². The van der Waals surface area contributed by atoms with Crippen molar-refractivity contribution in [3.8, 4) is 38.7 Å². The van der Waals surface area contributed by atoms with Crippen molar-refractivity contribution in [2.45, 2.75) is 52.4 Å². The predicted octanol–water partition coefficient (Wildman–Crippen LogP) is 9.94. The molecule has 3 nitrogen and oxygen atoms in total. The van der Waals surface area contributed by atoms with E-state index in [2.05, 4.69) is 102 Å². The van der Waals surface area contributed by atoms with Gasteiger partial charge in [-0.15, -0.1) is 29.0 Å². The summed E-state index contributed by atoms with van der Waals surface area (Å²) in [5, 5.41) is 13.6. The average Bonchev–Trinajstić information content (AvgIpc) is 3.35. The molecule has 0 amide bonds. The third-order valence-electron chi connectivity index (χ3n) is 7.46. The van der Waals surface area contributed by atoms with Crippen LogP contribution in [0, 0.1) is 6.07 Å². The Hall–Kier alpha value is -3.33. The molecule has 0 unspecified atom stereocenters. The first-order valence-electron chi connectivity index (χ1n) is 13.6. The van der Waals surface area contributed by atoms with Gasteiger partial charge in [-0.25, -0.2) is 4.98 Å². The third kappa shape index (κ3) is 5.61. The molecule has 210 valence electrons. The summed E-state index contributed by atoms with van der Waals surface area (Å²) < 4.78 is 1.09. The number of aromatic hydroxyl groups is 1. The molecule has 0 saturated carbocycles. The van der Waals surface area contributed by atoms with E-state index in [1.54, 1.807) is 17.4 Å². The Balaban J connectivity index is 0.00000337. The zero-order chi connectivity index (χ0) is 28.2. The fourth-order valence-electron chi connectivity index (χ4n) is 5.06. The molecule has 0 fully saturated rings. The first kappa shape index (κ1) is 29.2. The van der Waals surface area contributed by atoms with Gasteiger partial charge in [-0.3, -0.25) is 4.98 Å². The minimum Gasteiger partial charge on any atom is -0.507 e. The Kier molecular flexibility index (Phi) is 7.70. The van der Waals surface area contributed by atoms with E-state index in [1.807, 2.05) is 24.4 Å². The monoisotopic (exact) mass is 736 g/mol. The fraction of sp³-hybridized carbons (Fsp3) is 0.222. The topological polar surface area (TPSA) is 46.0 Å². The van der Waals surface area contributed by atoms with Gasteiger partial charge in [0.05, 0.1) is 11.1 Å². The van der Waals surface area contributed by atoms with Crippen LogP contribution in [0.4, 0.5) is 0 Å². The van der Waals surface area contributed by atoms with E-state index in [9.17, 15) is 5.11 Å². The summed E-state index contributed by atoms with van der Waals surface area (Å²) in [7, 11) is 0. The second-order valence-corrected chi connectivity index (χ2v) is 13.5. The number of para-hydroxylation sites is 1. The number of aromatic nitrogens is 2. The van der Waals surface area contributed by atoms with Crippen LogP contribution >= 0.6 is 11.3 Å². The number of pyridine rings is 1. The summed E-state index contributed by atoms with van der Waals surface area (Å²) in [6.07, 6.45) is 1.91. The minimum atomic E-state index is -0.0513. The smallest absolute Gasteiger partial charge is 0.127 e. The van der Waals surface area contributed by atoms with E-state index < -0.39 is 0 Å². The van der Waals surface area contributed by atoms with Crippen molar-refractivity contribution in [1.29, 1.82) is 0 Å². The summed E-state index contributed by atoms with van der Waals surface area (Å²) in [6, 6.07) is 30.7. The molecule has 0 aliphatic carbocycles. The number of benzene rings is 4. The second-order valence-electron chi connectivity index (χ2n) is 12.5. The van der Waals surface area contributed by atoms with Crippen LogP contribution in [-0.2, 0) is 31.9 Å². The van der Waals surface area contributed by atoms with E-state index in [0.29, 0.717) is 0 Å². The van der Waals surface area contributed by atoms with Crippen molar-refractivity contribution in [2.24, 2.45) is 0 Å². The molecular weight excluding hydrogens is 704 g/mol. The van der Waals surface area contributed by atoms with Crippen LogP contribution in [0.3, 0.4) is 0 Å². The van der Waals surface area contributed by atoms with Crippen LogP contribution in [0.25, 0.3) is 53.9 Å². The molecule has 2 aromatic heterocycles. The van der Waals surface area contributed by atoms with E-state index in [1.165, 1.54) is 11.1 Å². The second kappa shape index (κ2) is 10.8. The van der Waals surface area contributed by atoms with Gasteiger partial charge in [0.2, 0.25) is 0 Å². The number of nitrogens with zero attached hydrogens (tertiary/aromatic N) is 2. The minimum absolute atomic E-state index is 0. The zero-order valence-electron chi connectivity index (χ0n) is 24.1. The van der Waals surface area contributed by atoms with Gasteiger partial charge in [0.1, 0.15) is 10.8 Å². The summed E-state index contributed by atoms with van der Waals surface area (Å²) in [6.45, 7) is 13.4. The van der Waals surface area contributed by atoms with Gasteiger partial charge in [-0.1, -0.05) is 112 Å². The van der Waals surface area contributed by atoms with Gasteiger partial charge < -0.3 is 5.11 Å². The first-order valence-corrected chi connectivity index (χ1v) is 14.5. The molecule has 2 heterocycles. The summed E-state index contributed by atoms with van der Waals surface area (Å²) in [5.74, 6) is 0.239. The van der Waals surface area contributed by atoms with E-state index >= 15 is 0 Å². The number of thiazole rings is 1. The molecule has 0 radical (unpaired) electrons. The summed E-state index contributed by atoms with van der Waals surface area (Å²) in [5.41, 5.74) is 8.04. The molecule has 0 aliphatic heterocycles. The number of hydrogen-bond donors (Lipinski definition) is 1. The van der Waals surface area contributed by atoms with Gasteiger partial charge >= 0.3 is 0 Å². The largest absolute Gasteiger partial charge is 0.507 e. The Labute approximate surface area is 260 Å². The van der Waals surface area contributed by atoms with Crippen LogP contribution < -0.4 is 0 Å². The number of hydrogen-bond acceptors (Lipinski definition) is 4. The molecule has 41 heavy (non-hydrogen) atoms. The average molecular weight is 737 g/mol. The standard InChI is InChI=1S/C36H33N2OS.Pt/c1-35(2,3)24-15-16-37-30(20-24)29-18-23(17-22-11-7-8-12-26(22)29)28-19-25(36(4,5)6)21-32-33(28)38-34(40-32)27-13-9-10-14-31(27)39;/h7-17,19-21,39H,1-6H3;/q-1;. The van der Waals surface area contributed by atoms with Crippen LogP contribution in [0.1, 0.15) is 52.7 Å². The molecule has 5 heteroatoms. The summed E-state index contributed by atoms with van der Waals surface area (Å²) in [4.78, 5) is 9.90. The molecular formula is C36H33N2OPtS-. The maximum atomic E-state index is 10.6. The van der Waals surface area contributed by atoms with Crippen LogP contribution in [0.2, 0.25) is 0 Å². The third-order valence-corrected chi connectivity index (χ3v) is 8.49. The zero-order valence-corrected chi connectivity index (χ0v) is 27.2. The van der Waals surface area contributed by atoms with Crippen molar-refractivity contribution in [2.75, 3.05) is 0 Å². The Morgan fingerprint density at radius 2 is 1.46 bits per heavy atom.